The Bertz CT molecular complexity index is 1280. The topological polar surface area (TPSA) is 95.6 Å². The van der Waals surface area contributed by atoms with Crippen molar-refractivity contribution < 1.29 is 18.0 Å². The summed E-state index contributed by atoms with van der Waals surface area (Å²) >= 11 is 12.4. The molecule has 0 aliphatic rings. The van der Waals surface area contributed by atoms with Crippen molar-refractivity contribution in [3.63, 3.8) is 0 Å². The van der Waals surface area contributed by atoms with Crippen LogP contribution in [0.1, 0.15) is 22.8 Å². The second-order valence-corrected chi connectivity index (χ2v) is 9.95. The summed E-state index contributed by atoms with van der Waals surface area (Å²) in [6.45, 7) is 1.34. The molecule has 2 amide bonds. The van der Waals surface area contributed by atoms with Crippen LogP contribution in [0.3, 0.4) is 0 Å². The van der Waals surface area contributed by atoms with Gasteiger partial charge in [-0.25, -0.2) is 8.42 Å². The Hall–Kier alpha value is -3.07. The van der Waals surface area contributed by atoms with Crippen LogP contribution in [0.25, 0.3) is 0 Å². The van der Waals surface area contributed by atoms with Gasteiger partial charge < -0.3 is 10.6 Å². The van der Waals surface area contributed by atoms with E-state index in [1.54, 1.807) is 42.5 Å². The van der Waals surface area contributed by atoms with E-state index in [2.05, 4.69) is 10.6 Å². The summed E-state index contributed by atoms with van der Waals surface area (Å²) in [6, 6.07) is 17.8. The minimum atomic E-state index is -3.67. The van der Waals surface area contributed by atoms with Gasteiger partial charge in [0.2, 0.25) is 15.9 Å². The molecule has 0 heterocycles. The first-order chi connectivity index (χ1) is 15.5. The highest BCUT2D eigenvalue weighted by Gasteiger charge is 2.21. The van der Waals surface area contributed by atoms with Crippen molar-refractivity contribution in [1.82, 2.24) is 0 Å². The smallest absolute Gasteiger partial charge is 0.255 e. The zero-order valence-corrected chi connectivity index (χ0v) is 20.1. The van der Waals surface area contributed by atoms with E-state index in [4.69, 9.17) is 23.2 Å². The molecule has 0 aromatic heterocycles. The second kappa shape index (κ2) is 10.2. The van der Waals surface area contributed by atoms with E-state index in [1.807, 2.05) is 0 Å². The van der Waals surface area contributed by atoms with E-state index in [9.17, 15) is 18.0 Å². The first kappa shape index (κ1) is 24.6. The minimum absolute atomic E-state index is 0.0567. The van der Waals surface area contributed by atoms with Gasteiger partial charge in [0.25, 0.3) is 5.91 Å². The maximum atomic E-state index is 12.6. The lowest BCUT2D eigenvalue weighted by Crippen LogP contribution is -2.29. The third-order valence-electron chi connectivity index (χ3n) is 4.62. The van der Waals surface area contributed by atoms with E-state index in [-0.39, 0.29) is 18.4 Å². The lowest BCUT2D eigenvalue weighted by atomic mass is 10.1. The van der Waals surface area contributed by atoms with Gasteiger partial charge in [-0.2, -0.15) is 0 Å². The fourth-order valence-corrected chi connectivity index (χ4v) is 4.47. The number of anilines is 3. The molecule has 0 unspecified atom stereocenters. The molecule has 7 nitrogen and oxygen atoms in total. The Morgan fingerprint density at radius 2 is 1.42 bits per heavy atom. The summed E-state index contributed by atoms with van der Waals surface area (Å²) in [4.78, 5) is 23.9. The zero-order valence-electron chi connectivity index (χ0n) is 17.8. The van der Waals surface area contributed by atoms with Crippen LogP contribution < -0.4 is 14.9 Å². The van der Waals surface area contributed by atoms with E-state index in [0.717, 1.165) is 6.26 Å². The normalized spacial score (nSPS) is 11.0. The van der Waals surface area contributed by atoms with Gasteiger partial charge in [-0.3, -0.25) is 13.9 Å². The van der Waals surface area contributed by atoms with Crippen molar-refractivity contribution in [2.45, 2.75) is 13.5 Å². The number of carbonyl (C=O) groups excluding carboxylic acids is 2. The molecule has 0 fully saturated rings. The summed E-state index contributed by atoms with van der Waals surface area (Å²) in [6.07, 6.45) is 1.08. The summed E-state index contributed by atoms with van der Waals surface area (Å²) in [5, 5.41) is 6.11. The molecule has 2 N–H and O–H groups in total. The molecule has 3 aromatic carbocycles. The molecule has 3 rings (SSSR count). The molecule has 3 aromatic rings. The molecule has 0 spiro atoms. The second-order valence-electron chi connectivity index (χ2n) is 7.23. The van der Waals surface area contributed by atoms with E-state index in [0.29, 0.717) is 38.2 Å². The molecule has 10 heteroatoms. The number of halogens is 2. The van der Waals surface area contributed by atoms with Gasteiger partial charge in [0.15, 0.2) is 0 Å². The number of hydrogen-bond donors (Lipinski definition) is 2. The van der Waals surface area contributed by atoms with E-state index >= 15 is 0 Å². The Morgan fingerprint density at radius 3 is 1.97 bits per heavy atom. The van der Waals surface area contributed by atoms with Crippen molar-refractivity contribution in [3.05, 3.63) is 87.9 Å². The number of hydrogen-bond acceptors (Lipinski definition) is 4. The van der Waals surface area contributed by atoms with Crippen LogP contribution in [0.15, 0.2) is 66.7 Å². The highest BCUT2D eigenvalue weighted by Crippen LogP contribution is 2.29. The fraction of sp³-hybridized carbons (Fsp3) is 0.130. The monoisotopic (exact) mass is 505 g/mol. The largest absolute Gasteiger partial charge is 0.326 e. The van der Waals surface area contributed by atoms with E-state index in [1.165, 1.54) is 35.5 Å². The minimum Gasteiger partial charge on any atom is -0.326 e. The highest BCUT2D eigenvalue weighted by atomic mass is 35.5. The van der Waals surface area contributed by atoms with Crippen LogP contribution in [0.4, 0.5) is 17.1 Å². The molecular weight excluding hydrogens is 485 g/mol. The van der Waals surface area contributed by atoms with Crippen molar-refractivity contribution in [1.29, 1.82) is 0 Å². The molecule has 0 saturated heterocycles. The zero-order chi connectivity index (χ0) is 24.2. The number of sulfonamides is 1. The van der Waals surface area contributed by atoms with Crippen LogP contribution in [0.2, 0.25) is 10.0 Å². The van der Waals surface area contributed by atoms with Crippen LogP contribution in [-0.4, -0.2) is 26.5 Å². The predicted octanol–water partition coefficient (Wildman–Crippen LogP) is 5.17. The Labute approximate surface area is 202 Å². The molecule has 0 saturated carbocycles. The molecule has 0 aliphatic heterocycles. The summed E-state index contributed by atoms with van der Waals surface area (Å²) in [7, 11) is -3.67. The summed E-state index contributed by atoms with van der Waals surface area (Å²) < 4.78 is 26.1. The van der Waals surface area contributed by atoms with Crippen molar-refractivity contribution in [3.8, 4) is 0 Å². The third-order valence-corrected chi connectivity index (χ3v) is 6.47. The van der Waals surface area contributed by atoms with Gasteiger partial charge in [0.1, 0.15) is 0 Å². The van der Waals surface area contributed by atoms with Gasteiger partial charge in [0.05, 0.1) is 18.5 Å². The van der Waals surface area contributed by atoms with Gasteiger partial charge >= 0.3 is 0 Å². The molecule has 172 valence electrons. The summed E-state index contributed by atoms with van der Waals surface area (Å²) in [5.74, 6) is -0.607. The number of amides is 2. The standard InChI is InChI=1S/C23H21Cl2N3O4S/c1-15(29)26-17-5-3-6-18(13-17)27-23(30)16-9-11-19(12-10-16)28(33(2,31)32)14-20-21(24)7-4-8-22(20)25/h3-13H,14H2,1-2H3,(H,26,29)(H,27,30). The average molecular weight is 506 g/mol. The van der Waals surface area contributed by atoms with Crippen molar-refractivity contribution in [2.75, 3.05) is 21.2 Å². The molecule has 0 atom stereocenters. The lowest BCUT2D eigenvalue weighted by Gasteiger charge is -2.23. The molecule has 0 aliphatic carbocycles. The third kappa shape index (κ3) is 6.47. The Balaban J connectivity index is 1.81. The van der Waals surface area contributed by atoms with Crippen molar-refractivity contribution in [2.24, 2.45) is 0 Å². The maximum Gasteiger partial charge on any atom is 0.255 e. The first-order valence-electron chi connectivity index (χ1n) is 9.74. The fourth-order valence-electron chi connectivity index (χ4n) is 3.09. The van der Waals surface area contributed by atoms with Crippen molar-refractivity contribution >= 4 is 62.1 Å². The van der Waals surface area contributed by atoms with Gasteiger partial charge in [-0.05, 0) is 54.6 Å². The average Bonchev–Trinajstić information content (AvgIpc) is 2.72. The predicted molar refractivity (Wildman–Crippen MR) is 133 cm³/mol. The molecule has 33 heavy (non-hydrogen) atoms. The Kier molecular flexibility index (Phi) is 7.63. The molecular formula is C23H21Cl2N3O4S. The quantitative estimate of drug-likeness (QED) is 0.462. The number of benzene rings is 3. The van der Waals surface area contributed by atoms with Crippen LogP contribution in [-0.2, 0) is 21.4 Å². The number of carbonyl (C=O) groups is 2. The lowest BCUT2D eigenvalue weighted by molar-refractivity contribution is -0.114. The van der Waals surface area contributed by atoms with Crippen LogP contribution in [0.5, 0.6) is 0 Å². The van der Waals surface area contributed by atoms with Gasteiger partial charge in [-0.1, -0.05) is 35.3 Å². The highest BCUT2D eigenvalue weighted by molar-refractivity contribution is 7.92. The maximum absolute atomic E-state index is 12.6. The number of nitrogens with zero attached hydrogens (tertiary/aromatic N) is 1. The van der Waals surface area contributed by atoms with Crippen LogP contribution >= 0.6 is 23.2 Å². The molecule has 0 bridgehead atoms. The SMILES string of the molecule is CC(=O)Nc1cccc(NC(=O)c2ccc(N(Cc3c(Cl)cccc3Cl)S(C)(=O)=O)cc2)c1. The Morgan fingerprint density at radius 1 is 0.879 bits per heavy atom. The summed E-state index contributed by atoms with van der Waals surface area (Å²) in [5.41, 5.74) is 2.22. The number of rotatable bonds is 7. The number of nitrogens with one attached hydrogen (secondary N) is 2. The first-order valence-corrected chi connectivity index (χ1v) is 12.3. The van der Waals surface area contributed by atoms with E-state index < -0.39 is 10.0 Å². The van der Waals surface area contributed by atoms with Gasteiger partial charge in [0, 0.05) is 39.5 Å². The molecule has 0 radical (unpaired) electrons. The van der Waals surface area contributed by atoms with Crippen LogP contribution in [0, 0.1) is 0 Å². The van der Waals surface area contributed by atoms with Gasteiger partial charge in [-0.15, -0.1) is 0 Å².